The molecule has 6 nitrogen and oxygen atoms in total. The Kier molecular flexibility index (Phi) is 8.48. The molecule has 0 spiro atoms. The van der Waals surface area contributed by atoms with Gasteiger partial charge in [0.05, 0.1) is 20.6 Å². The first-order valence-electron chi connectivity index (χ1n) is 10.5. The molecule has 31 heavy (non-hydrogen) atoms. The number of carbonyl (C=O) groups is 2. The van der Waals surface area contributed by atoms with Gasteiger partial charge in [0, 0.05) is 12.1 Å². The maximum absolute atomic E-state index is 13.4. The zero-order chi connectivity index (χ0) is 23.0. The van der Waals surface area contributed by atoms with E-state index < -0.39 is 6.04 Å². The number of amides is 2. The number of nitrogens with one attached hydrogen (secondary N) is 1. The molecular formula is C25H34N2O4. The third kappa shape index (κ3) is 7.31. The van der Waals surface area contributed by atoms with Crippen molar-refractivity contribution in [3.05, 3.63) is 59.7 Å². The molecule has 2 aromatic carbocycles. The van der Waals surface area contributed by atoms with Crippen LogP contribution < -0.4 is 14.8 Å². The molecular weight excluding hydrogens is 392 g/mol. The average Bonchev–Trinajstić information content (AvgIpc) is 2.73. The van der Waals surface area contributed by atoms with Gasteiger partial charge in [-0.05, 0) is 62.6 Å². The fraction of sp³-hybridized carbons (Fsp3) is 0.440. The van der Waals surface area contributed by atoms with E-state index in [1.54, 1.807) is 19.1 Å². The Hall–Kier alpha value is -3.02. The molecule has 1 unspecified atom stereocenters. The molecule has 0 aliphatic rings. The molecule has 0 saturated heterocycles. The fourth-order valence-corrected chi connectivity index (χ4v) is 3.32. The number of hydrogen-bond donors (Lipinski definition) is 1. The first-order valence-corrected chi connectivity index (χ1v) is 10.5. The van der Waals surface area contributed by atoms with Gasteiger partial charge >= 0.3 is 0 Å². The van der Waals surface area contributed by atoms with Crippen LogP contribution in [-0.4, -0.2) is 42.5 Å². The lowest BCUT2D eigenvalue weighted by Crippen LogP contribution is -2.53. The number of rotatable bonds is 9. The molecule has 2 rings (SSSR count). The van der Waals surface area contributed by atoms with E-state index in [-0.39, 0.29) is 23.8 Å². The summed E-state index contributed by atoms with van der Waals surface area (Å²) in [6.45, 7) is 8.07. The summed E-state index contributed by atoms with van der Waals surface area (Å²) in [5, 5.41) is 3.02. The van der Waals surface area contributed by atoms with Crippen molar-refractivity contribution in [2.45, 2.75) is 58.7 Å². The topological polar surface area (TPSA) is 67.9 Å². The van der Waals surface area contributed by atoms with E-state index in [1.807, 2.05) is 76.2 Å². The first kappa shape index (κ1) is 24.3. The second-order valence-corrected chi connectivity index (χ2v) is 8.56. The van der Waals surface area contributed by atoms with Gasteiger partial charge in [-0.1, -0.05) is 31.2 Å². The van der Waals surface area contributed by atoms with Crippen molar-refractivity contribution in [1.82, 2.24) is 10.2 Å². The van der Waals surface area contributed by atoms with Gasteiger partial charge in [0.25, 0.3) is 0 Å². The molecule has 2 amide bonds. The summed E-state index contributed by atoms with van der Waals surface area (Å²) in [4.78, 5) is 28.0. The smallest absolute Gasteiger partial charge is 0.243 e. The predicted molar refractivity (Wildman–Crippen MR) is 122 cm³/mol. The summed E-state index contributed by atoms with van der Waals surface area (Å²) in [6, 6.07) is 14.4. The van der Waals surface area contributed by atoms with Crippen LogP contribution in [0.3, 0.4) is 0 Å². The number of carbonyl (C=O) groups excluding carboxylic acids is 2. The Morgan fingerprint density at radius 2 is 1.39 bits per heavy atom. The van der Waals surface area contributed by atoms with Gasteiger partial charge in [-0.25, -0.2) is 0 Å². The predicted octanol–water partition coefficient (Wildman–Crippen LogP) is 3.97. The van der Waals surface area contributed by atoms with Crippen LogP contribution in [0.4, 0.5) is 0 Å². The maximum Gasteiger partial charge on any atom is 0.243 e. The van der Waals surface area contributed by atoms with Gasteiger partial charge in [0.2, 0.25) is 11.8 Å². The molecule has 0 heterocycles. The van der Waals surface area contributed by atoms with Gasteiger partial charge in [0.15, 0.2) is 0 Å². The van der Waals surface area contributed by atoms with Crippen LogP contribution in [0, 0.1) is 0 Å². The third-order valence-corrected chi connectivity index (χ3v) is 4.91. The molecule has 0 aromatic heterocycles. The van der Waals surface area contributed by atoms with Crippen LogP contribution in [-0.2, 0) is 22.6 Å². The lowest BCUT2D eigenvalue weighted by Gasteiger charge is -2.33. The quantitative estimate of drug-likeness (QED) is 0.659. The molecule has 168 valence electrons. The maximum atomic E-state index is 13.4. The van der Waals surface area contributed by atoms with E-state index in [1.165, 1.54) is 0 Å². The van der Waals surface area contributed by atoms with Crippen LogP contribution in [0.15, 0.2) is 48.5 Å². The summed E-state index contributed by atoms with van der Waals surface area (Å²) < 4.78 is 10.4. The molecule has 0 radical (unpaired) electrons. The first-order chi connectivity index (χ1) is 14.7. The lowest BCUT2D eigenvalue weighted by molar-refractivity contribution is -0.141. The van der Waals surface area contributed by atoms with Gasteiger partial charge in [-0.15, -0.1) is 0 Å². The minimum absolute atomic E-state index is 0.100. The van der Waals surface area contributed by atoms with Crippen LogP contribution in [0.25, 0.3) is 0 Å². The summed E-state index contributed by atoms with van der Waals surface area (Å²) >= 11 is 0. The summed E-state index contributed by atoms with van der Waals surface area (Å²) in [6.07, 6.45) is 0.728. The fourth-order valence-electron chi connectivity index (χ4n) is 3.32. The highest BCUT2D eigenvalue weighted by Gasteiger charge is 2.30. The van der Waals surface area contributed by atoms with Crippen molar-refractivity contribution in [2.75, 3.05) is 14.2 Å². The van der Waals surface area contributed by atoms with E-state index in [0.29, 0.717) is 13.0 Å². The summed E-state index contributed by atoms with van der Waals surface area (Å²) in [7, 11) is 3.22. The Morgan fingerprint density at radius 1 is 0.903 bits per heavy atom. The molecule has 1 N–H and O–H groups in total. The van der Waals surface area contributed by atoms with Crippen molar-refractivity contribution >= 4 is 11.8 Å². The minimum atomic E-state index is -0.563. The van der Waals surface area contributed by atoms with Gasteiger partial charge in [-0.3, -0.25) is 9.59 Å². The van der Waals surface area contributed by atoms with E-state index in [0.717, 1.165) is 22.6 Å². The number of ether oxygens (including phenoxy) is 2. The molecule has 0 saturated carbocycles. The lowest BCUT2D eigenvalue weighted by atomic mass is 10.0. The summed E-state index contributed by atoms with van der Waals surface area (Å²) in [5.41, 5.74) is 1.43. The average molecular weight is 427 g/mol. The summed E-state index contributed by atoms with van der Waals surface area (Å²) in [5.74, 6) is 1.24. The van der Waals surface area contributed by atoms with Crippen LogP contribution >= 0.6 is 0 Å². The SMILES string of the molecule is CCC(C(=O)NC(C)(C)C)N(Cc1ccc(OC)cc1)C(=O)Cc1ccc(OC)cc1. The molecule has 0 fully saturated rings. The second-order valence-electron chi connectivity index (χ2n) is 8.56. The van der Waals surface area contributed by atoms with Crippen molar-refractivity contribution in [2.24, 2.45) is 0 Å². The normalized spacial score (nSPS) is 12.1. The third-order valence-electron chi connectivity index (χ3n) is 4.91. The zero-order valence-electron chi connectivity index (χ0n) is 19.4. The molecule has 0 aliphatic carbocycles. The van der Waals surface area contributed by atoms with E-state index >= 15 is 0 Å². The standard InChI is InChI=1S/C25H34N2O4/c1-7-22(24(29)26-25(2,3)4)27(17-19-10-14-21(31-6)15-11-19)23(28)16-18-8-12-20(30-5)13-9-18/h8-15,22H,7,16-17H2,1-6H3,(H,26,29). The van der Waals surface area contributed by atoms with Crippen molar-refractivity contribution < 1.29 is 19.1 Å². The van der Waals surface area contributed by atoms with Gasteiger partial charge < -0.3 is 19.7 Å². The largest absolute Gasteiger partial charge is 0.497 e. The molecule has 0 bridgehead atoms. The van der Waals surface area contributed by atoms with Gasteiger partial charge in [0.1, 0.15) is 17.5 Å². The Balaban J connectivity index is 2.29. The minimum Gasteiger partial charge on any atom is -0.497 e. The monoisotopic (exact) mass is 426 g/mol. The van der Waals surface area contributed by atoms with Crippen molar-refractivity contribution in [1.29, 1.82) is 0 Å². The van der Waals surface area contributed by atoms with Crippen LogP contribution in [0.1, 0.15) is 45.2 Å². The van der Waals surface area contributed by atoms with Crippen LogP contribution in [0.5, 0.6) is 11.5 Å². The highest BCUT2D eigenvalue weighted by atomic mass is 16.5. The number of nitrogens with zero attached hydrogens (tertiary/aromatic N) is 1. The molecule has 2 aromatic rings. The van der Waals surface area contributed by atoms with Crippen LogP contribution in [0.2, 0.25) is 0 Å². The van der Waals surface area contributed by atoms with Gasteiger partial charge in [-0.2, -0.15) is 0 Å². The van der Waals surface area contributed by atoms with Crippen molar-refractivity contribution in [3.63, 3.8) is 0 Å². The highest BCUT2D eigenvalue weighted by Crippen LogP contribution is 2.19. The number of methoxy groups -OCH3 is 2. The zero-order valence-corrected chi connectivity index (χ0v) is 19.4. The Bertz CT molecular complexity index is 855. The number of hydrogen-bond acceptors (Lipinski definition) is 4. The van der Waals surface area contributed by atoms with E-state index in [2.05, 4.69) is 5.32 Å². The van der Waals surface area contributed by atoms with Crippen molar-refractivity contribution in [3.8, 4) is 11.5 Å². The molecule has 6 heteroatoms. The molecule has 0 aliphatic heterocycles. The van der Waals surface area contributed by atoms with E-state index in [9.17, 15) is 9.59 Å². The highest BCUT2D eigenvalue weighted by molar-refractivity contribution is 5.88. The number of benzene rings is 2. The Morgan fingerprint density at radius 3 is 1.81 bits per heavy atom. The van der Waals surface area contributed by atoms with E-state index in [4.69, 9.17) is 9.47 Å². The molecule has 1 atom stereocenters. The second kappa shape index (κ2) is 10.8. The Labute approximate surface area is 185 Å².